The van der Waals surface area contributed by atoms with E-state index in [2.05, 4.69) is 18.7 Å². The zero-order valence-corrected chi connectivity index (χ0v) is 19.4. The van der Waals surface area contributed by atoms with Crippen LogP contribution in [0.1, 0.15) is 49.8 Å². The summed E-state index contributed by atoms with van der Waals surface area (Å²) in [6, 6.07) is 14.0. The van der Waals surface area contributed by atoms with Crippen molar-refractivity contribution >= 4 is 0 Å². The molecule has 0 heterocycles. The van der Waals surface area contributed by atoms with Crippen molar-refractivity contribution in [2.24, 2.45) is 0 Å². The van der Waals surface area contributed by atoms with Crippen LogP contribution < -0.4 is 9.47 Å². The number of methoxy groups -OCH3 is 2. The molecule has 31 heavy (non-hydrogen) atoms. The normalized spacial score (nSPS) is 20.5. The number of benzene rings is 2. The van der Waals surface area contributed by atoms with E-state index in [0.717, 1.165) is 61.2 Å². The lowest BCUT2D eigenvalue weighted by Gasteiger charge is -2.44. The molecule has 1 N–H and O–H groups in total. The molecule has 0 aliphatic heterocycles. The molecule has 1 aliphatic carbocycles. The maximum atomic E-state index is 12.0. The zero-order valence-electron chi connectivity index (χ0n) is 19.4. The monoisotopic (exact) mass is 427 g/mol. The van der Waals surface area contributed by atoms with E-state index < -0.39 is 5.60 Å². The van der Waals surface area contributed by atoms with E-state index in [-0.39, 0.29) is 6.10 Å². The van der Waals surface area contributed by atoms with Gasteiger partial charge in [-0.05, 0) is 56.0 Å². The second-order valence-corrected chi connectivity index (χ2v) is 8.36. The third kappa shape index (κ3) is 5.22. The van der Waals surface area contributed by atoms with E-state index in [0.29, 0.717) is 18.9 Å². The molecule has 2 aromatic rings. The molecule has 0 radical (unpaired) electrons. The van der Waals surface area contributed by atoms with Crippen molar-refractivity contribution in [1.29, 1.82) is 0 Å². The van der Waals surface area contributed by atoms with Crippen molar-refractivity contribution in [3.05, 3.63) is 59.2 Å². The highest BCUT2D eigenvalue weighted by atomic mass is 16.5. The van der Waals surface area contributed by atoms with Gasteiger partial charge in [-0.25, -0.2) is 0 Å². The molecule has 0 fully saturated rings. The summed E-state index contributed by atoms with van der Waals surface area (Å²) in [6.45, 7) is 7.29. The maximum Gasteiger partial charge on any atom is 0.164 e. The smallest absolute Gasteiger partial charge is 0.164 e. The first kappa shape index (κ1) is 23.6. The van der Waals surface area contributed by atoms with Crippen molar-refractivity contribution in [3.8, 4) is 11.5 Å². The number of hydrogen-bond acceptors (Lipinski definition) is 5. The SMILES string of the molecule is CCCN(CCC)CC1(O)c2ccc(OCc3ccccc3)c(OC)c2CCC1OC. The van der Waals surface area contributed by atoms with Crippen molar-refractivity contribution in [3.63, 3.8) is 0 Å². The van der Waals surface area contributed by atoms with Gasteiger partial charge in [-0.1, -0.05) is 50.2 Å². The van der Waals surface area contributed by atoms with Crippen LogP contribution in [0.2, 0.25) is 0 Å². The number of ether oxygens (including phenoxy) is 3. The topological polar surface area (TPSA) is 51.2 Å². The lowest BCUT2D eigenvalue weighted by atomic mass is 9.76. The molecule has 2 unspecified atom stereocenters. The number of aliphatic hydroxyl groups is 1. The molecule has 0 bridgehead atoms. The van der Waals surface area contributed by atoms with E-state index in [9.17, 15) is 5.11 Å². The number of nitrogens with zero attached hydrogens (tertiary/aromatic N) is 1. The van der Waals surface area contributed by atoms with E-state index in [1.165, 1.54) is 0 Å². The van der Waals surface area contributed by atoms with Crippen LogP contribution in [0.15, 0.2) is 42.5 Å². The van der Waals surface area contributed by atoms with Gasteiger partial charge in [-0.3, -0.25) is 0 Å². The molecule has 170 valence electrons. The Bertz CT molecular complexity index is 820. The van der Waals surface area contributed by atoms with Crippen LogP contribution in [-0.4, -0.2) is 50.0 Å². The number of hydrogen-bond donors (Lipinski definition) is 1. The first-order valence-electron chi connectivity index (χ1n) is 11.4. The van der Waals surface area contributed by atoms with Crippen LogP contribution in [-0.2, 0) is 23.4 Å². The molecule has 2 atom stereocenters. The fraction of sp³-hybridized carbons (Fsp3) is 0.538. The molecule has 0 saturated heterocycles. The highest BCUT2D eigenvalue weighted by Gasteiger charge is 2.45. The molecule has 3 rings (SSSR count). The van der Waals surface area contributed by atoms with Gasteiger partial charge in [-0.15, -0.1) is 0 Å². The van der Waals surface area contributed by atoms with Crippen molar-refractivity contribution in [2.75, 3.05) is 33.9 Å². The molecule has 5 nitrogen and oxygen atoms in total. The second-order valence-electron chi connectivity index (χ2n) is 8.36. The van der Waals surface area contributed by atoms with Gasteiger partial charge < -0.3 is 24.2 Å². The van der Waals surface area contributed by atoms with Gasteiger partial charge in [0.15, 0.2) is 11.5 Å². The molecular formula is C26H37NO4. The molecule has 0 amide bonds. The first-order valence-corrected chi connectivity index (χ1v) is 11.4. The number of fused-ring (bicyclic) bond motifs is 1. The summed E-state index contributed by atoms with van der Waals surface area (Å²) < 4.78 is 17.7. The summed E-state index contributed by atoms with van der Waals surface area (Å²) >= 11 is 0. The summed E-state index contributed by atoms with van der Waals surface area (Å²) in [5, 5.41) is 12.0. The summed E-state index contributed by atoms with van der Waals surface area (Å²) in [4.78, 5) is 2.34. The largest absolute Gasteiger partial charge is 0.493 e. The Kier molecular flexibility index (Phi) is 8.35. The van der Waals surface area contributed by atoms with Gasteiger partial charge in [0.05, 0.1) is 13.2 Å². The van der Waals surface area contributed by atoms with Crippen LogP contribution in [0.25, 0.3) is 0 Å². The van der Waals surface area contributed by atoms with Gasteiger partial charge in [-0.2, -0.15) is 0 Å². The Balaban J connectivity index is 1.93. The van der Waals surface area contributed by atoms with E-state index in [4.69, 9.17) is 14.2 Å². The first-order chi connectivity index (χ1) is 15.1. The Morgan fingerprint density at radius 2 is 1.74 bits per heavy atom. The third-order valence-corrected chi connectivity index (χ3v) is 6.15. The predicted octanol–water partition coefficient (Wildman–Crippen LogP) is 4.55. The summed E-state index contributed by atoms with van der Waals surface area (Å²) in [7, 11) is 3.37. The summed E-state index contributed by atoms with van der Waals surface area (Å²) in [6.07, 6.45) is 3.37. The van der Waals surface area contributed by atoms with E-state index in [1.807, 2.05) is 42.5 Å². The van der Waals surface area contributed by atoms with E-state index >= 15 is 0 Å². The fourth-order valence-electron chi connectivity index (χ4n) is 4.76. The van der Waals surface area contributed by atoms with Gasteiger partial charge in [0, 0.05) is 19.2 Å². The highest BCUT2D eigenvalue weighted by molar-refractivity contribution is 5.54. The maximum absolute atomic E-state index is 12.0. The highest BCUT2D eigenvalue weighted by Crippen LogP contribution is 2.45. The average Bonchev–Trinajstić information content (AvgIpc) is 2.78. The Morgan fingerprint density at radius 3 is 2.35 bits per heavy atom. The minimum absolute atomic E-state index is 0.253. The minimum Gasteiger partial charge on any atom is -0.493 e. The zero-order chi connectivity index (χ0) is 22.3. The summed E-state index contributed by atoms with van der Waals surface area (Å²) in [5.74, 6) is 1.43. The fourth-order valence-corrected chi connectivity index (χ4v) is 4.76. The van der Waals surface area contributed by atoms with Gasteiger partial charge >= 0.3 is 0 Å². The van der Waals surface area contributed by atoms with Crippen LogP contribution in [0.3, 0.4) is 0 Å². The molecule has 0 spiro atoms. The van der Waals surface area contributed by atoms with Gasteiger partial charge in [0.1, 0.15) is 12.2 Å². The Morgan fingerprint density at radius 1 is 1.03 bits per heavy atom. The molecular weight excluding hydrogens is 390 g/mol. The van der Waals surface area contributed by atoms with Crippen LogP contribution in [0, 0.1) is 0 Å². The lowest BCUT2D eigenvalue weighted by Crippen LogP contribution is -2.52. The third-order valence-electron chi connectivity index (χ3n) is 6.15. The van der Waals surface area contributed by atoms with E-state index in [1.54, 1.807) is 14.2 Å². The molecule has 0 saturated carbocycles. The summed E-state index contributed by atoms with van der Waals surface area (Å²) in [5.41, 5.74) is 1.94. The van der Waals surface area contributed by atoms with Crippen molar-refractivity contribution in [2.45, 2.75) is 57.8 Å². The van der Waals surface area contributed by atoms with Crippen molar-refractivity contribution in [1.82, 2.24) is 4.90 Å². The van der Waals surface area contributed by atoms with Gasteiger partial charge in [0.2, 0.25) is 0 Å². The average molecular weight is 428 g/mol. The van der Waals surface area contributed by atoms with Crippen molar-refractivity contribution < 1.29 is 19.3 Å². The van der Waals surface area contributed by atoms with Crippen LogP contribution >= 0.6 is 0 Å². The second kappa shape index (κ2) is 11.0. The van der Waals surface area contributed by atoms with Crippen LogP contribution in [0.4, 0.5) is 0 Å². The predicted molar refractivity (Wildman–Crippen MR) is 124 cm³/mol. The molecule has 5 heteroatoms. The quantitative estimate of drug-likeness (QED) is 0.570. The molecule has 0 aromatic heterocycles. The molecule has 1 aliphatic rings. The molecule has 2 aromatic carbocycles. The standard InChI is InChI=1S/C26H37NO4/c1-5-16-27(17-6-2)19-26(28)22-13-14-23(31-18-20-10-8-7-9-11-20)25(30-4)21(22)12-15-24(26)29-3/h7-11,13-14,24,28H,5-6,12,15-19H2,1-4H3. The Hall–Kier alpha value is -2.08. The number of rotatable bonds is 11. The van der Waals surface area contributed by atoms with Crippen LogP contribution in [0.5, 0.6) is 11.5 Å². The van der Waals surface area contributed by atoms with Gasteiger partial charge in [0.25, 0.3) is 0 Å². The Labute approximate surface area is 186 Å². The lowest BCUT2D eigenvalue weighted by molar-refractivity contribution is -0.123. The minimum atomic E-state index is -1.09.